The van der Waals surface area contributed by atoms with Crippen LogP contribution in [0.3, 0.4) is 0 Å². The zero-order chi connectivity index (χ0) is 10.1. The smallest absolute Gasteiger partial charge is 0.322 e. The molecule has 0 radical (unpaired) electrons. The molecular weight excluding hydrogens is 194 g/mol. The van der Waals surface area contributed by atoms with Gasteiger partial charge in [0.05, 0.1) is 5.75 Å². The summed E-state index contributed by atoms with van der Waals surface area (Å²) in [5, 5.41) is 8.74. The number of nitrogens with zero attached hydrogens (tertiary/aromatic N) is 1. The van der Waals surface area contributed by atoms with Crippen molar-refractivity contribution in [2.24, 2.45) is 0 Å². The molecule has 0 saturated carbocycles. The minimum Gasteiger partial charge on any atom is -0.480 e. The summed E-state index contributed by atoms with van der Waals surface area (Å²) in [7, 11) is -3.34. The predicted molar refractivity (Wildman–Crippen MR) is 46.8 cm³/mol. The molecule has 1 aliphatic rings. The lowest BCUT2D eigenvalue weighted by molar-refractivity contribution is -0.140. The lowest BCUT2D eigenvalue weighted by atomic mass is 10.2. The Labute approximate surface area is 77.4 Å². The van der Waals surface area contributed by atoms with Gasteiger partial charge in [0, 0.05) is 6.54 Å². The molecule has 1 saturated heterocycles. The largest absolute Gasteiger partial charge is 0.480 e. The lowest BCUT2D eigenvalue weighted by Gasteiger charge is -2.19. The van der Waals surface area contributed by atoms with Crippen molar-refractivity contribution in [2.45, 2.75) is 25.8 Å². The van der Waals surface area contributed by atoms with Crippen LogP contribution in [0.25, 0.3) is 0 Å². The summed E-state index contributed by atoms with van der Waals surface area (Å²) in [6, 6.07) is -0.843. The van der Waals surface area contributed by atoms with E-state index in [1.165, 1.54) is 6.92 Å². The van der Waals surface area contributed by atoms with Crippen LogP contribution in [0.1, 0.15) is 19.8 Å². The van der Waals surface area contributed by atoms with Gasteiger partial charge in [0.15, 0.2) is 0 Å². The van der Waals surface area contributed by atoms with Crippen molar-refractivity contribution in [3.63, 3.8) is 0 Å². The molecule has 1 heterocycles. The SMILES string of the molecule is CCS(=O)(=O)N1CCC[C@@H]1C(=O)O. The highest BCUT2D eigenvalue weighted by Gasteiger charge is 2.37. The van der Waals surface area contributed by atoms with Crippen molar-refractivity contribution in [1.29, 1.82) is 0 Å². The molecule has 0 aromatic heterocycles. The van der Waals surface area contributed by atoms with Crippen LogP contribution in [0.15, 0.2) is 0 Å². The van der Waals surface area contributed by atoms with Crippen LogP contribution in [0.5, 0.6) is 0 Å². The Morgan fingerprint density at radius 2 is 2.23 bits per heavy atom. The molecule has 13 heavy (non-hydrogen) atoms. The Balaban J connectivity index is 2.86. The number of hydrogen-bond acceptors (Lipinski definition) is 3. The minimum atomic E-state index is -3.34. The molecule has 0 aromatic rings. The highest BCUT2D eigenvalue weighted by molar-refractivity contribution is 7.89. The van der Waals surface area contributed by atoms with Gasteiger partial charge in [-0.05, 0) is 19.8 Å². The van der Waals surface area contributed by atoms with Crippen molar-refractivity contribution in [3.05, 3.63) is 0 Å². The summed E-state index contributed by atoms with van der Waals surface area (Å²) in [5.41, 5.74) is 0. The molecule has 1 aliphatic heterocycles. The van der Waals surface area contributed by atoms with Crippen molar-refractivity contribution in [1.82, 2.24) is 4.31 Å². The van der Waals surface area contributed by atoms with Gasteiger partial charge in [-0.3, -0.25) is 4.79 Å². The number of rotatable bonds is 3. The maximum absolute atomic E-state index is 11.4. The third-order valence-electron chi connectivity index (χ3n) is 2.21. The summed E-state index contributed by atoms with van der Waals surface area (Å²) in [5.74, 6) is -1.08. The Kier molecular flexibility index (Phi) is 2.92. The third-order valence-corrected chi connectivity index (χ3v) is 4.09. The number of carbonyl (C=O) groups is 1. The molecule has 6 heteroatoms. The summed E-state index contributed by atoms with van der Waals surface area (Å²) in [6.07, 6.45) is 1.06. The van der Waals surface area contributed by atoms with Crippen molar-refractivity contribution < 1.29 is 18.3 Å². The van der Waals surface area contributed by atoms with Gasteiger partial charge < -0.3 is 5.11 Å². The topological polar surface area (TPSA) is 74.7 Å². The second-order valence-corrected chi connectivity index (χ2v) is 5.22. The summed E-state index contributed by atoms with van der Waals surface area (Å²) in [4.78, 5) is 10.7. The number of carboxylic acids is 1. The van der Waals surface area contributed by atoms with Gasteiger partial charge in [0.2, 0.25) is 10.0 Å². The molecule has 0 unspecified atom stereocenters. The van der Waals surface area contributed by atoms with Crippen LogP contribution < -0.4 is 0 Å². The normalized spacial score (nSPS) is 24.8. The zero-order valence-corrected chi connectivity index (χ0v) is 8.25. The fourth-order valence-corrected chi connectivity index (χ4v) is 2.81. The molecule has 0 aliphatic carbocycles. The first kappa shape index (κ1) is 10.5. The Morgan fingerprint density at radius 1 is 1.62 bits per heavy atom. The van der Waals surface area contributed by atoms with E-state index in [9.17, 15) is 13.2 Å². The lowest BCUT2D eigenvalue weighted by Crippen LogP contribution is -2.41. The number of sulfonamides is 1. The third kappa shape index (κ3) is 2.00. The van der Waals surface area contributed by atoms with Gasteiger partial charge in [0.1, 0.15) is 6.04 Å². The van der Waals surface area contributed by atoms with Gasteiger partial charge in [-0.2, -0.15) is 4.31 Å². The summed E-state index contributed by atoms with van der Waals surface area (Å²) in [6.45, 7) is 1.86. The maximum Gasteiger partial charge on any atom is 0.322 e. The molecule has 76 valence electrons. The van der Waals surface area contributed by atoms with Crippen LogP contribution in [-0.4, -0.2) is 42.1 Å². The van der Waals surface area contributed by atoms with E-state index in [4.69, 9.17) is 5.11 Å². The van der Waals surface area contributed by atoms with Crippen LogP contribution in [-0.2, 0) is 14.8 Å². The fraction of sp³-hybridized carbons (Fsp3) is 0.857. The highest BCUT2D eigenvalue weighted by Crippen LogP contribution is 2.21. The van der Waals surface area contributed by atoms with Crippen LogP contribution in [0.2, 0.25) is 0 Å². The average Bonchev–Trinajstić information content (AvgIpc) is 2.52. The Hall–Kier alpha value is -0.620. The molecule has 1 N–H and O–H groups in total. The Bertz CT molecular complexity index is 298. The van der Waals surface area contributed by atoms with E-state index in [-0.39, 0.29) is 5.75 Å². The summed E-state index contributed by atoms with van der Waals surface area (Å²) < 4.78 is 23.9. The van der Waals surface area contributed by atoms with Crippen LogP contribution >= 0.6 is 0 Å². The van der Waals surface area contributed by atoms with E-state index < -0.39 is 22.0 Å². The van der Waals surface area contributed by atoms with Gasteiger partial charge in [0.25, 0.3) is 0 Å². The van der Waals surface area contributed by atoms with Crippen molar-refractivity contribution in [2.75, 3.05) is 12.3 Å². The molecule has 0 aromatic carbocycles. The van der Waals surface area contributed by atoms with E-state index in [0.29, 0.717) is 19.4 Å². The first-order valence-electron chi connectivity index (χ1n) is 4.21. The standard InChI is InChI=1S/C7H13NO4S/c1-2-13(11,12)8-5-3-4-6(8)7(9)10/h6H,2-5H2,1H3,(H,9,10)/t6-/m1/s1. The second kappa shape index (κ2) is 3.63. The maximum atomic E-state index is 11.4. The van der Waals surface area contributed by atoms with Gasteiger partial charge in [-0.15, -0.1) is 0 Å². The van der Waals surface area contributed by atoms with Gasteiger partial charge in [-0.25, -0.2) is 8.42 Å². The fourth-order valence-electron chi connectivity index (χ4n) is 1.49. The monoisotopic (exact) mass is 207 g/mol. The number of carboxylic acid groups (broad SMARTS) is 1. The van der Waals surface area contributed by atoms with E-state index in [2.05, 4.69) is 0 Å². The van der Waals surface area contributed by atoms with E-state index in [0.717, 1.165) is 4.31 Å². The van der Waals surface area contributed by atoms with Crippen LogP contribution in [0.4, 0.5) is 0 Å². The predicted octanol–water partition coefficient (Wildman–Crippen LogP) is -0.115. The van der Waals surface area contributed by atoms with E-state index in [1.54, 1.807) is 0 Å². The van der Waals surface area contributed by atoms with Crippen molar-refractivity contribution in [3.8, 4) is 0 Å². The first-order valence-corrected chi connectivity index (χ1v) is 5.82. The first-order chi connectivity index (χ1) is 5.99. The zero-order valence-electron chi connectivity index (χ0n) is 7.43. The van der Waals surface area contributed by atoms with Gasteiger partial charge >= 0.3 is 5.97 Å². The average molecular weight is 207 g/mol. The highest BCUT2D eigenvalue weighted by atomic mass is 32.2. The Morgan fingerprint density at radius 3 is 2.69 bits per heavy atom. The van der Waals surface area contributed by atoms with E-state index >= 15 is 0 Å². The summed E-state index contributed by atoms with van der Waals surface area (Å²) >= 11 is 0. The molecule has 0 spiro atoms. The number of aliphatic carboxylic acids is 1. The second-order valence-electron chi connectivity index (χ2n) is 3.01. The molecule has 0 bridgehead atoms. The van der Waals surface area contributed by atoms with Crippen molar-refractivity contribution >= 4 is 16.0 Å². The molecule has 1 rings (SSSR count). The van der Waals surface area contributed by atoms with Crippen LogP contribution in [0, 0.1) is 0 Å². The number of hydrogen-bond donors (Lipinski definition) is 1. The molecule has 1 fully saturated rings. The minimum absolute atomic E-state index is 0.0310. The molecule has 0 amide bonds. The van der Waals surface area contributed by atoms with Gasteiger partial charge in [-0.1, -0.05) is 0 Å². The quantitative estimate of drug-likeness (QED) is 0.700. The van der Waals surface area contributed by atoms with E-state index in [1.807, 2.05) is 0 Å². The molecule has 1 atom stereocenters. The molecule has 5 nitrogen and oxygen atoms in total. The molecular formula is C7H13NO4S.